The fourth-order valence-corrected chi connectivity index (χ4v) is 3.59. The highest BCUT2D eigenvalue weighted by molar-refractivity contribution is 7.92. The molecule has 0 spiro atoms. The molecule has 0 saturated carbocycles. The third-order valence-corrected chi connectivity index (χ3v) is 5.11. The molecule has 0 bridgehead atoms. The molecule has 0 atom stereocenters. The Hall–Kier alpha value is -2.33. The van der Waals surface area contributed by atoms with Crippen LogP contribution in [0.2, 0.25) is 5.02 Å². The number of carboxylic acids is 1. The van der Waals surface area contributed by atoms with E-state index >= 15 is 0 Å². The summed E-state index contributed by atoms with van der Waals surface area (Å²) < 4.78 is 64.3. The predicted octanol–water partition coefficient (Wildman–Crippen LogP) is 3.03. The second-order valence-electron chi connectivity index (χ2n) is 4.76. The Balaban J connectivity index is 2.65. The Morgan fingerprint density at radius 2 is 1.96 bits per heavy atom. The number of pyridine rings is 1. The van der Waals surface area contributed by atoms with Crippen LogP contribution in [0.15, 0.2) is 47.6 Å². The number of carbonyl (C=O) groups is 1. The number of hydrogen-bond acceptors (Lipinski definition) is 4. The van der Waals surface area contributed by atoms with Crippen LogP contribution in [-0.2, 0) is 21.0 Å². The third kappa shape index (κ3) is 4.20. The molecule has 0 saturated heterocycles. The summed E-state index contributed by atoms with van der Waals surface area (Å²) in [6, 6.07) is 4.44. The summed E-state index contributed by atoms with van der Waals surface area (Å²) in [6.07, 6.45) is -2.52. The first kappa shape index (κ1) is 19.0. The van der Waals surface area contributed by atoms with Crippen molar-refractivity contribution in [2.75, 3.05) is 10.8 Å². The van der Waals surface area contributed by atoms with Gasteiger partial charge in [-0.25, -0.2) is 8.42 Å². The Labute approximate surface area is 145 Å². The first-order valence-corrected chi connectivity index (χ1v) is 8.36. The van der Waals surface area contributed by atoms with Gasteiger partial charge in [0.05, 0.1) is 16.3 Å². The van der Waals surface area contributed by atoms with E-state index in [9.17, 15) is 26.4 Å². The summed E-state index contributed by atoms with van der Waals surface area (Å²) in [6.45, 7) is -1.11. The van der Waals surface area contributed by atoms with E-state index in [1.54, 1.807) is 0 Å². The van der Waals surface area contributed by atoms with Crippen molar-refractivity contribution < 1.29 is 31.5 Å². The Kier molecular flexibility index (Phi) is 5.23. The Bertz CT molecular complexity index is 889. The number of sulfonamides is 1. The molecular formula is C14H10ClF3N2O4S. The lowest BCUT2D eigenvalue weighted by atomic mass is 10.2. The van der Waals surface area contributed by atoms with Gasteiger partial charge < -0.3 is 5.11 Å². The highest BCUT2D eigenvalue weighted by Gasteiger charge is 2.34. The summed E-state index contributed by atoms with van der Waals surface area (Å²) in [4.78, 5) is 14.3. The van der Waals surface area contributed by atoms with Crippen LogP contribution in [0.25, 0.3) is 0 Å². The molecule has 0 amide bonds. The molecular weight excluding hydrogens is 385 g/mol. The summed E-state index contributed by atoms with van der Waals surface area (Å²) in [5, 5.41) is 8.64. The molecule has 2 rings (SSSR count). The van der Waals surface area contributed by atoms with Crippen LogP contribution in [0.1, 0.15) is 5.56 Å². The summed E-state index contributed by atoms with van der Waals surface area (Å²) in [5.74, 6) is -1.57. The van der Waals surface area contributed by atoms with Gasteiger partial charge in [-0.2, -0.15) is 13.2 Å². The van der Waals surface area contributed by atoms with Crippen molar-refractivity contribution in [2.45, 2.75) is 11.1 Å². The standard InChI is InChI=1S/C14H10ClF3N2O4S/c15-11-4-3-9(14(16,17)18)6-12(11)20(8-13(21)22)25(23,24)10-2-1-5-19-7-10/h1-7H,8H2,(H,21,22). The van der Waals surface area contributed by atoms with Gasteiger partial charge in [0.2, 0.25) is 0 Å². The summed E-state index contributed by atoms with van der Waals surface area (Å²) in [5.41, 5.74) is -1.76. The number of rotatable bonds is 5. The molecule has 25 heavy (non-hydrogen) atoms. The quantitative estimate of drug-likeness (QED) is 0.842. The molecule has 0 aliphatic heterocycles. The third-order valence-electron chi connectivity index (χ3n) is 3.04. The lowest BCUT2D eigenvalue weighted by Crippen LogP contribution is -2.36. The molecule has 11 heteroatoms. The molecule has 6 nitrogen and oxygen atoms in total. The molecule has 0 unspecified atom stereocenters. The van der Waals surface area contributed by atoms with E-state index in [-0.39, 0.29) is 9.92 Å². The highest BCUT2D eigenvalue weighted by Crippen LogP contribution is 2.37. The van der Waals surface area contributed by atoms with Crippen LogP contribution in [0.3, 0.4) is 0 Å². The minimum Gasteiger partial charge on any atom is -0.480 e. The second kappa shape index (κ2) is 6.89. The van der Waals surface area contributed by atoms with Crippen molar-refractivity contribution in [2.24, 2.45) is 0 Å². The van der Waals surface area contributed by atoms with Crippen LogP contribution in [-0.4, -0.2) is 31.0 Å². The van der Waals surface area contributed by atoms with Crippen LogP contribution >= 0.6 is 11.6 Å². The number of aliphatic carboxylic acids is 1. The maximum absolute atomic E-state index is 12.9. The van der Waals surface area contributed by atoms with E-state index in [0.717, 1.165) is 18.3 Å². The van der Waals surface area contributed by atoms with Gasteiger partial charge in [-0.15, -0.1) is 0 Å². The second-order valence-corrected chi connectivity index (χ2v) is 7.03. The number of halogens is 4. The van der Waals surface area contributed by atoms with Gasteiger partial charge in [-0.05, 0) is 30.3 Å². The summed E-state index contributed by atoms with van der Waals surface area (Å²) >= 11 is 5.84. The monoisotopic (exact) mass is 394 g/mol. The SMILES string of the molecule is O=C(O)CN(c1cc(C(F)(F)F)ccc1Cl)S(=O)(=O)c1cccnc1. The van der Waals surface area contributed by atoms with Crippen molar-refractivity contribution in [1.82, 2.24) is 4.98 Å². The number of carboxylic acid groups (broad SMARTS) is 1. The van der Waals surface area contributed by atoms with E-state index in [4.69, 9.17) is 16.7 Å². The predicted molar refractivity (Wildman–Crippen MR) is 82.9 cm³/mol. The number of aromatic nitrogens is 1. The van der Waals surface area contributed by atoms with Crippen molar-refractivity contribution in [1.29, 1.82) is 0 Å². The highest BCUT2D eigenvalue weighted by atomic mass is 35.5. The van der Waals surface area contributed by atoms with E-state index < -0.39 is 40.0 Å². The lowest BCUT2D eigenvalue weighted by molar-refractivity contribution is -0.137. The zero-order valence-electron chi connectivity index (χ0n) is 12.2. The lowest BCUT2D eigenvalue weighted by Gasteiger charge is -2.24. The van der Waals surface area contributed by atoms with Gasteiger partial charge in [0, 0.05) is 12.4 Å². The Morgan fingerprint density at radius 3 is 2.48 bits per heavy atom. The van der Waals surface area contributed by atoms with E-state index in [1.165, 1.54) is 12.3 Å². The average molecular weight is 395 g/mol. The van der Waals surface area contributed by atoms with Crippen molar-refractivity contribution >= 4 is 33.3 Å². The molecule has 1 aromatic carbocycles. The zero-order chi connectivity index (χ0) is 18.8. The van der Waals surface area contributed by atoms with Gasteiger partial charge in [-0.3, -0.25) is 14.1 Å². The maximum atomic E-state index is 12.9. The fourth-order valence-electron chi connectivity index (χ4n) is 1.93. The number of benzene rings is 1. The topological polar surface area (TPSA) is 87.6 Å². The number of anilines is 1. The molecule has 0 fully saturated rings. The number of hydrogen-bond donors (Lipinski definition) is 1. The molecule has 2 aromatic rings. The van der Waals surface area contributed by atoms with Crippen LogP contribution in [0.4, 0.5) is 18.9 Å². The average Bonchev–Trinajstić information content (AvgIpc) is 2.53. The molecule has 0 aliphatic carbocycles. The van der Waals surface area contributed by atoms with E-state index in [0.29, 0.717) is 16.4 Å². The van der Waals surface area contributed by atoms with E-state index in [1.807, 2.05) is 0 Å². The van der Waals surface area contributed by atoms with Crippen LogP contribution in [0.5, 0.6) is 0 Å². The number of nitrogens with zero attached hydrogens (tertiary/aromatic N) is 2. The van der Waals surface area contributed by atoms with Crippen LogP contribution < -0.4 is 4.31 Å². The minimum atomic E-state index is -4.76. The molecule has 0 aliphatic rings. The molecule has 1 heterocycles. The molecule has 0 radical (unpaired) electrons. The Morgan fingerprint density at radius 1 is 1.28 bits per heavy atom. The van der Waals surface area contributed by atoms with Gasteiger partial charge in [0.1, 0.15) is 11.4 Å². The van der Waals surface area contributed by atoms with Gasteiger partial charge in [0.25, 0.3) is 10.0 Å². The van der Waals surface area contributed by atoms with Gasteiger partial charge >= 0.3 is 12.1 Å². The van der Waals surface area contributed by atoms with E-state index in [2.05, 4.69) is 4.98 Å². The van der Waals surface area contributed by atoms with Crippen molar-refractivity contribution in [3.8, 4) is 0 Å². The smallest absolute Gasteiger partial charge is 0.416 e. The maximum Gasteiger partial charge on any atom is 0.416 e. The van der Waals surface area contributed by atoms with Gasteiger partial charge in [0.15, 0.2) is 0 Å². The normalized spacial score (nSPS) is 12.0. The molecule has 1 N–H and O–H groups in total. The largest absolute Gasteiger partial charge is 0.480 e. The van der Waals surface area contributed by atoms with Crippen molar-refractivity contribution in [3.63, 3.8) is 0 Å². The fraction of sp³-hybridized carbons (Fsp3) is 0.143. The summed E-state index contributed by atoms with van der Waals surface area (Å²) in [7, 11) is -4.50. The van der Waals surface area contributed by atoms with Gasteiger partial charge in [-0.1, -0.05) is 11.6 Å². The molecule has 134 valence electrons. The first-order valence-electron chi connectivity index (χ1n) is 6.55. The number of alkyl halides is 3. The van der Waals surface area contributed by atoms with Crippen LogP contribution in [0, 0.1) is 0 Å². The zero-order valence-corrected chi connectivity index (χ0v) is 13.8. The van der Waals surface area contributed by atoms with Crippen molar-refractivity contribution in [3.05, 3.63) is 53.3 Å². The first-order chi connectivity index (χ1) is 11.5. The minimum absolute atomic E-state index is 0.296. The molecule has 1 aromatic heterocycles.